The highest BCUT2D eigenvalue weighted by atomic mass is 32.2. The van der Waals surface area contributed by atoms with Gasteiger partial charge in [-0.25, -0.2) is 4.79 Å². The van der Waals surface area contributed by atoms with Crippen LogP contribution in [0.2, 0.25) is 0 Å². The first-order chi connectivity index (χ1) is 14.7. The van der Waals surface area contributed by atoms with E-state index >= 15 is 0 Å². The summed E-state index contributed by atoms with van der Waals surface area (Å²) in [5, 5.41) is 11.6. The molecule has 9 heteroatoms. The molecule has 0 aliphatic carbocycles. The Balaban J connectivity index is 1.76. The second kappa shape index (κ2) is 9.82. The number of carbonyl (C=O) groups is 2. The molecule has 1 aromatic carbocycles. The molecule has 0 spiro atoms. The molecule has 3 N–H and O–H groups in total. The van der Waals surface area contributed by atoms with Gasteiger partial charge in [0.1, 0.15) is 5.76 Å². The zero-order valence-electron chi connectivity index (χ0n) is 17.9. The summed E-state index contributed by atoms with van der Waals surface area (Å²) >= 11 is 1.50. The lowest BCUT2D eigenvalue weighted by molar-refractivity contribution is -0.119. The maximum absolute atomic E-state index is 11.6. The molecule has 2 aromatic heterocycles. The van der Waals surface area contributed by atoms with Crippen LogP contribution in [0.1, 0.15) is 44.9 Å². The number of nitrogens with zero attached hydrogens (tertiary/aromatic N) is 3. The Labute approximate surface area is 185 Å². The zero-order valence-corrected chi connectivity index (χ0v) is 18.7. The molecule has 0 saturated carbocycles. The standard InChI is InChI=1S/C22H27N5O3S/c1-22(2,3)16-10-8-15(9-11-16)19-25-26-21(27(19)14-17-6-4-12-30-17)31-13-5-7-18(28)24-20(23)29/h4,6,8-12H,5,7,13-14H2,1-3H3,(H3,23,24,28,29). The van der Waals surface area contributed by atoms with Crippen LogP contribution in [0.3, 0.4) is 0 Å². The van der Waals surface area contributed by atoms with Gasteiger partial charge >= 0.3 is 6.03 Å². The van der Waals surface area contributed by atoms with E-state index in [-0.39, 0.29) is 17.7 Å². The van der Waals surface area contributed by atoms with Gasteiger partial charge in [0.15, 0.2) is 11.0 Å². The van der Waals surface area contributed by atoms with Crippen LogP contribution >= 0.6 is 11.8 Å². The number of nitrogens with two attached hydrogens (primary N) is 1. The van der Waals surface area contributed by atoms with Gasteiger partial charge in [-0.2, -0.15) is 0 Å². The zero-order chi connectivity index (χ0) is 22.4. The number of urea groups is 1. The van der Waals surface area contributed by atoms with E-state index in [1.54, 1.807) is 6.26 Å². The Hall–Kier alpha value is -3.07. The first-order valence-electron chi connectivity index (χ1n) is 10.0. The average molecular weight is 442 g/mol. The predicted molar refractivity (Wildman–Crippen MR) is 120 cm³/mol. The summed E-state index contributed by atoms with van der Waals surface area (Å²) in [4.78, 5) is 22.3. The summed E-state index contributed by atoms with van der Waals surface area (Å²) in [6, 6.07) is 11.3. The topological polar surface area (TPSA) is 116 Å². The molecule has 0 radical (unpaired) electrons. The molecule has 0 fully saturated rings. The van der Waals surface area contributed by atoms with Crippen molar-refractivity contribution in [3.8, 4) is 11.4 Å². The van der Waals surface area contributed by atoms with Gasteiger partial charge in [-0.1, -0.05) is 56.8 Å². The highest BCUT2D eigenvalue weighted by molar-refractivity contribution is 7.99. The lowest BCUT2D eigenvalue weighted by Gasteiger charge is -2.19. The van der Waals surface area contributed by atoms with Crippen molar-refractivity contribution in [3.05, 3.63) is 54.0 Å². The second-order valence-electron chi connectivity index (χ2n) is 8.16. The van der Waals surface area contributed by atoms with E-state index in [1.165, 1.54) is 17.3 Å². The van der Waals surface area contributed by atoms with Crippen molar-refractivity contribution in [3.63, 3.8) is 0 Å². The van der Waals surface area contributed by atoms with Crippen LogP contribution in [-0.2, 0) is 16.8 Å². The first-order valence-corrected chi connectivity index (χ1v) is 11.0. The first kappa shape index (κ1) is 22.6. The molecular formula is C22H27N5O3S. The van der Waals surface area contributed by atoms with Crippen molar-refractivity contribution in [1.82, 2.24) is 20.1 Å². The third-order valence-electron chi connectivity index (χ3n) is 4.66. The molecule has 0 bridgehead atoms. The molecule has 0 unspecified atom stereocenters. The minimum Gasteiger partial charge on any atom is -0.467 e. The third kappa shape index (κ3) is 6.21. The quantitative estimate of drug-likeness (QED) is 0.404. The molecule has 3 aromatic rings. The van der Waals surface area contributed by atoms with Crippen molar-refractivity contribution in [2.75, 3.05) is 5.75 Å². The molecule has 2 heterocycles. The van der Waals surface area contributed by atoms with Crippen molar-refractivity contribution < 1.29 is 14.0 Å². The number of hydrogen-bond acceptors (Lipinski definition) is 6. The van der Waals surface area contributed by atoms with Crippen LogP contribution in [0, 0.1) is 0 Å². The predicted octanol–water partition coefficient (Wildman–Crippen LogP) is 3.95. The van der Waals surface area contributed by atoms with Crippen LogP contribution in [0.4, 0.5) is 4.79 Å². The summed E-state index contributed by atoms with van der Waals surface area (Å²) in [7, 11) is 0. The van der Waals surface area contributed by atoms with E-state index in [1.807, 2.05) is 16.7 Å². The van der Waals surface area contributed by atoms with E-state index in [9.17, 15) is 9.59 Å². The van der Waals surface area contributed by atoms with E-state index in [0.717, 1.165) is 22.3 Å². The molecule has 3 amide bonds. The summed E-state index contributed by atoms with van der Waals surface area (Å²) in [6.45, 7) is 7.04. The monoisotopic (exact) mass is 441 g/mol. The summed E-state index contributed by atoms with van der Waals surface area (Å²) in [5.74, 6) is 1.82. The van der Waals surface area contributed by atoms with E-state index in [2.05, 4.69) is 60.6 Å². The molecule has 164 valence electrons. The van der Waals surface area contributed by atoms with Gasteiger partial charge in [0.05, 0.1) is 12.8 Å². The number of primary amides is 1. The number of amides is 3. The second-order valence-corrected chi connectivity index (χ2v) is 9.23. The van der Waals surface area contributed by atoms with Crippen molar-refractivity contribution >= 4 is 23.7 Å². The third-order valence-corrected chi connectivity index (χ3v) is 5.72. The lowest BCUT2D eigenvalue weighted by atomic mass is 9.87. The number of furan rings is 1. The number of hydrogen-bond donors (Lipinski definition) is 2. The maximum atomic E-state index is 11.6. The Morgan fingerprint density at radius 1 is 1.16 bits per heavy atom. The summed E-state index contributed by atoms with van der Waals surface area (Å²) in [6.07, 6.45) is 2.43. The van der Waals surface area contributed by atoms with E-state index < -0.39 is 6.03 Å². The van der Waals surface area contributed by atoms with Gasteiger partial charge < -0.3 is 10.2 Å². The fraction of sp³-hybridized carbons (Fsp3) is 0.364. The van der Waals surface area contributed by atoms with Crippen LogP contribution < -0.4 is 11.1 Å². The Kier molecular flexibility index (Phi) is 7.17. The molecule has 0 aliphatic rings. The van der Waals surface area contributed by atoms with Crippen molar-refractivity contribution in [2.45, 2.75) is 50.7 Å². The average Bonchev–Trinajstić information content (AvgIpc) is 3.35. The molecule has 0 aliphatic heterocycles. The molecule has 0 atom stereocenters. The lowest BCUT2D eigenvalue weighted by Crippen LogP contribution is -2.34. The normalized spacial score (nSPS) is 11.5. The van der Waals surface area contributed by atoms with Gasteiger partial charge in [0.2, 0.25) is 5.91 Å². The van der Waals surface area contributed by atoms with Crippen LogP contribution in [0.5, 0.6) is 0 Å². The van der Waals surface area contributed by atoms with Gasteiger partial charge in [0, 0.05) is 17.7 Å². The smallest absolute Gasteiger partial charge is 0.318 e. The number of carbonyl (C=O) groups excluding carboxylic acids is 2. The van der Waals surface area contributed by atoms with Crippen LogP contribution in [0.25, 0.3) is 11.4 Å². The summed E-state index contributed by atoms with van der Waals surface area (Å²) < 4.78 is 7.54. The minimum absolute atomic E-state index is 0.0716. The molecular weight excluding hydrogens is 414 g/mol. The maximum Gasteiger partial charge on any atom is 0.318 e. The highest BCUT2D eigenvalue weighted by Gasteiger charge is 2.18. The Morgan fingerprint density at radius 3 is 2.52 bits per heavy atom. The highest BCUT2D eigenvalue weighted by Crippen LogP contribution is 2.28. The SMILES string of the molecule is CC(C)(C)c1ccc(-c2nnc(SCCCC(=O)NC(N)=O)n2Cc2ccco2)cc1. The van der Waals surface area contributed by atoms with Crippen molar-refractivity contribution in [2.24, 2.45) is 5.73 Å². The number of nitrogens with one attached hydrogen (secondary N) is 1. The van der Waals surface area contributed by atoms with Crippen LogP contribution in [-0.4, -0.2) is 32.5 Å². The summed E-state index contributed by atoms with van der Waals surface area (Å²) in [5.41, 5.74) is 7.25. The molecule has 31 heavy (non-hydrogen) atoms. The van der Waals surface area contributed by atoms with Gasteiger partial charge in [-0.05, 0) is 29.5 Å². The molecule has 8 nitrogen and oxygen atoms in total. The largest absolute Gasteiger partial charge is 0.467 e. The molecule has 3 rings (SSSR count). The van der Waals surface area contributed by atoms with E-state index in [0.29, 0.717) is 18.7 Å². The van der Waals surface area contributed by atoms with Gasteiger partial charge in [-0.15, -0.1) is 10.2 Å². The fourth-order valence-corrected chi connectivity index (χ4v) is 3.90. The number of thioether (sulfide) groups is 1. The van der Waals surface area contributed by atoms with E-state index in [4.69, 9.17) is 10.2 Å². The minimum atomic E-state index is -0.835. The van der Waals surface area contributed by atoms with Gasteiger partial charge in [0.25, 0.3) is 0 Å². The van der Waals surface area contributed by atoms with Crippen LogP contribution in [0.15, 0.2) is 52.2 Å². The van der Waals surface area contributed by atoms with Gasteiger partial charge in [-0.3, -0.25) is 14.7 Å². The number of imide groups is 1. The Bertz CT molecular complexity index is 1020. The number of aromatic nitrogens is 3. The Morgan fingerprint density at radius 2 is 1.90 bits per heavy atom. The van der Waals surface area contributed by atoms with Crippen molar-refractivity contribution in [1.29, 1.82) is 0 Å². The number of rotatable bonds is 8. The molecule has 0 saturated heterocycles. The fourth-order valence-electron chi connectivity index (χ4n) is 3.03. The number of benzene rings is 1.